The summed E-state index contributed by atoms with van der Waals surface area (Å²) in [4.78, 5) is 10.9. The first-order valence-electron chi connectivity index (χ1n) is 6.46. The van der Waals surface area contributed by atoms with Gasteiger partial charge in [-0.15, -0.1) is 0 Å². The Morgan fingerprint density at radius 2 is 1.84 bits per heavy atom. The van der Waals surface area contributed by atoms with Gasteiger partial charge in [0, 0.05) is 6.04 Å². The molecule has 0 aromatic heterocycles. The molecule has 19 heavy (non-hydrogen) atoms. The number of rotatable bonds is 4. The maximum Gasteiger partial charge on any atom is 0.306 e. The van der Waals surface area contributed by atoms with Crippen LogP contribution < -0.4 is 5.73 Å². The molecule has 100 valence electrons. The van der Waals surface area contributed by atoms with E-state index in [0.717, 1.165) is 10.9 Å². The Balaban J connectivity index is 2.25. The molecule has 0 spiro atoms. The summed E-state index contributed by atoms with van der Waals surface area (Å²) in [5.41, 5.74) is 8.31. The molecule has 0 aliphatic rings. The van der Waals surface area contributed by atoms with Crippen LogP contribution in [-0.4, -0.2) is 11.1 Å². The van der Waals surface area contributed by atoms with Gasteiger partial charge in [0.05, 0.1) is 5.92 Å². The molecule has 2 atom stereocenters. The van der Waals surface area contributed by atoms with Crippen LogP contribution in [0.2, 0.25) is 0 Å². The van der Waals surface area contributed by atoms with Gasteiger partial charge >= 0.3 is 5.97 Å². The normalized spacial score (nSPS) is 14.3. The molecule has 0 bridgehead atoms. The van der Waals surface area contributed by atoms with Crippen molar-refractivity contribution in [1.29, 1.82) is 0 Å². The Bertz CT molecular complexity index is 607. The number of carboxylic acids is 1. The predicted molar refractivity (Wildman–Crippen MR) is 77.0 cm³/mol. The van der Waals surface area contributed by atoms with Crippen LogP contribution in [0.25, 0.3) is 10.8 Å². The van der Waals surface area contributed by atoms with E-state index in [9.17, 15) is 4.79 Å². The van der Waals surface area contributed by atoms with E-state index in [4.69, 9.17) is 10.8 Å². The third kappa shape index (κ3) is 3.12. The van der Waals surface area contributed by atoms with Crippen LogP contribution in [0.15, 0.2) is 36.4 Å². The number of carboxylic acid groups (broad SMARTS) is 1. The van der Waals surface area contributed by atoms with Gasteiger partial charge in [-0.05, 0) is 35.7 Å². The second-order valence-corrected chi connectivity index (χ2v) is 5.19. The molecule has 3 heteroatoms. The van der Waals surface area contributed by atoms with Gasteiger partial charge in [-0.2, -0.15) is 0 Å². The Morgan fingerprint density at radius 1 is 1.21 bits per heavy atom. The molecule has 2 rings (SSSR count). The van der Waals surface area contributed by atoms with Crippen LogP contribution in [0.3, 0.4) is 0 Å². The number of aliphatic carboxylic acids is 1. The lowest BCUT2D eigenvalue weighted by atomic mass is 9.94. The Labute approximate surface area is 113 Å². The molecule has 3 nitrogen and oxygen atoms in total. The van der Waals surface area contributed by atoms with E-state index in [-0.39, 0.29) is 6.04 Å². The largest absolute Gasteiger partial charge is 0.481 e. The minimum absolute atomic E-state index is 0.239. The second kappa shape index (κ2) is 5.41. The zero-order valence-corrected chi connectivity index (χ0v) is 11.3. The Hall–Kier alpha value is -1.87. The lowest BCUT2D eigenvalue weighted by Crippen LogP contribution is -2.19. The van der Waals surface area contributed by atoms with Gasteiger partial charge in [0.1, 0.15) is 0 Å². The second-order valence-electron chi connectivity index (χ2n) is 5.19. The van der Waals surface area contributed by atoms with Crippen molar-refractivity contribution in [2.45, 2.75) is 26.3 Å². The number of hydrogen-bond donors (Lipinski definition) is 2. The van der Waals surface area contributed by atoms with Crippen LogP contribution >= 0.6 is 0 Å². The van der Waals surface area contributed by atoms with Gasteiger partial charge in [-0.25, -0.2) is 0 Å². The number of hydrogen-bond acceptors (Lipinski definition) is 2. The molecule has 0 heterocycles. The highest BCUT2D eigenvalue weighted by atomic mass is 16.4. The summed E-state index contributed by atoms with van der Waals surface area (Å²) in [7, 11) is 0. The van der Waals surface area contributed by atoms with Crippen molar-refractivity contribution in [2.24, 2.45) is 11.7 Å². The first-order chi connectivity index (χ1) is 8.97. The van der Waals surface area contributed by atoms with Gasteiger partial charge in [-0.3, -0.25) is 4.79 Å². The van der Waals surface area contributed by atoms with Gasteiger partial charge in [0.25, 0.3) is 0 Å². The maximum atomic E-state index is 10.9. The minimum Gasteiger partial charge on any atom is -0.481 e. The molecule has 0 aliphatic heterocycles. The van der Waals surface area contributed by atoms with E-state index in [0.29, 0.717) is 6.42 Å². The molecule has 2 aromatic rings. The fourth-order valence-electron chi connectivity index (χ4n) is 2.23. The number of nitrogens with two attached hydrogens (primary N) is 1. The van der Waals surface area contributed by atoms with Gasteiger partial charge in [0.15, 0.2) is 0 Å². The maximum absolute atomic E-state index is 10.9. The summed E-state index contributed by atoms with van der Waals surface area (Å²) in [5, 5.41) is 11.2. The Morgan fingerprint density at radius 3 is 2.53 bits per heavy atom. The number of aryl methyl sites for hydroxylation is 1. The number of fused-ring (bicyclic) bond motifs is 1. The monoisotopic (exact) mass is 257 g/mol. The first kappa shape index (κ1) is 13.6. The number of benzene rings is 2. The van der Waals surface area contributed by atoms with Crippen LogP contribution in [0.5, 0.6) is 0 Å². The van der Waals surface area contributed by atoms with E-state index in [1.807, 2.05) is 18.2 Å². The quantitative estimate of drug-likeness (QED) is 0.883. The minimum atomic E-state index is -0.799. The highest BCUT2D eigenvalue weighted by Crippen LogP contribution is 2.24. The molecule has 0 aliphatic carbocycles. The van der Waals surface area contributed by atoms with Crippen molar-refractivity contribution >= 4 is 16.7 Å². The average Bonchev–Trinajstić information content (AvgIpc) is 2.37. The van der Waals surface area contributed by atoms with Crippen LogP contribution in [0.4, 0.5) is 0 Å². The standard InChI is InChI=1S/C16H19NO2/c1-10-3-4-13-9-14(6-5-12(13)7-10)15(17)8-11(2)16(18)19/h3-7,9,11,15H,8,17H2,1-2H3,(H,18,19). The lowest BCUT2D eigenvalue weighted by molar-refractivity contribution is -0.141. The van der Waals surface area contributed by atoms with Gasteiger partial charge in [-0.1, -0.05) is 42.8 Å². The summed E-state index contributed by atoms with van der Waals surface area (Å²) in [6, 6.07) is 12.1. The zero-order valence-electron chi connectivity index (χ0n) is 11.3. The summed E-state index contributed by atoms with van der Waals surface area (Å²) in [6.07, 6.45) is 0.451. The van der Waals surface area contributed by atoms with Crippen LogP contribution in [0.1, 0.15) is 30.5 Å². The van der Waals surface area contributed by atoms with Crippen LogP contribution in [-0.2, 0) is 4.79 Å². The van der Waals surface area contributed by atoms with Crippen molar-refractivity contribution in [1.82, 2.24) is 0 Å². The van der Waals surface area contributed by atoms with Crippen LogP contribution in [0, 0.1) is 12.8 Å². The molecule has 0 amide bonds. The van der Waals surface area contributed by atoms with E-state index in [2.05, 4.69) is 25.1 Å². The fourth-order valence-corrected chi connectivity index (χ4v) is 2.23. The molecule has 0 radical (unpaired) electrons. The average molecular weight is 257 g/mol. The highest BCUT2D eigenvalue weighted by Gasteiger charge is 2.16. The molecular weight excluding hydrogens is 238 g/mol. The third-order valence-electron chi connectivity index (χ3n) is 3.48. The van der Waals surface area contributed by atoms with E-state index < -0.39 is 11.9 Å². The SMILES string of the molecule is Cc1ccc2cc(C(N)CC(C)C(=O)O)ccc2c1. The van der Waals surface area contributed by atoms with Gasteiger partial charge in [0.2, 0.25) is 0 Å². The summed E-state index contributed by atoms with van der Waals surface area (Å²) in [6.45, 7) is 3.75. The zero-order chi connectivity index (χ0) is 14.0. The predicted octanol–water partition coefficient (Wildman–Crippen LogP) is 3.26. The van der Waals surface area contributed by atoms with E-state index >= 15 is 0 Å². The topological polar surface area (TPSA) is 63.3 Å². The molecule has 0 saturated carbocycles. The summed E-state index contributed by atoms with van der Waals surface area (Å²) < 4.78 is 0. The summed E-state index contributed by atoms with van der Waals surface area (Å²) in [5.74, 6) is -1.23. The van der Waals surface area contributed by atoms with Crippen molar-refractivity contribution in [3.63, 3.8) is 0 Å². The summed E-state index contributed by atoms with van der Waals surface area (Å²) >= 11 is 0. The van der Waals surface area contributed by atoms with E-state index in [1.165, 1.54) is 10.9 Å². The molecule has 0 fully saturated rings. The molecule has 2 aromatic carbocycles. The third-order valence-corrected chi connectivity index (χ3v) is 3.48. The van der Waals surface area contributed by atoms with Gasteiger partial charge < -0.3 is 10.8 Å². The molecule has 0 saturated heterocycles. The van der Waals surface area contributed by atoms with Crippen molar-refractivity contribution in [3.8, 4) is 0 Å². The van der Waals surface area contributed by atoms with E-state index in [1.54, 1.807) is 6.92 Å². The van der Waals surface area contributed by atoms with Crippen molar-refractivity contribution in [2.75, 3.05) is 0 Å². The molecule has 3 N–H and O–H groups in total. The fraction of sp³-hybridized carbons (Fsp3) is 0.312. The molecular formula is C16H19NO2. The highest BCUT2D eigenvalue weighted by molar-refractivity contribution is 5.83. The first-order valence-corrected chi connectivity index (χ1v) is 6.46. The smallest absolute Gasteiger partial charge is 0.306 e. The molecule has 2 unspecified atom stereocenters. The van der Waals surface area contributed by atoms with Crippen molar-refractivity contribution < 1.29 is 9.90 Å². The number of carbonyl (C=O) groups is 1. The lowest BCUT2D eigenvalue weighted by Gasteiger charge is -2.15. The van der Waals surface area contributed by atoms with Crippen molar-refractivity contribution in [3.05, 3.63) is 47.5 Å². The Kier molecular flexibility index (Phi) is 3.86.